The Morgan fingerprint density at radius 1 is 0.930 bits per heavy atom. The fraction of sp³-hybridized carbons (Fsp3) is 0.944. The van der Waals surface area contributed by atoms with Crippen LogP contribution in [0.15, 0.2) is 0 Å². The Balaban J connectivity index is 1.08. The molecule has 0 N–H and O–H groups in total. The van der Waals surface area contributed by atoms with E-state index in [0.29, 0.717) is 16.7 Å². The first-order valence-corrected chi connectivity index (χ1v) is 17.8. The van der Waals surface area contributed by atoms with Gasteiger partial charge in [0.2, 0.25) is 0 Å². The Bertz CT molecular complexity index is 1030. The number of esters is 1. The van der Waals surface area contributed by atoms with Crippen molar-refractivity contribution >= 4 is 12.1 Å². The molecule has 2 saturated heterocycles. The van der Waals surface area contributed by atoms with Gasteiger partial charge in [0.1, 0.15) is 0 Å². The smallest absolute Gasteiger partial charge is 0.456 e. The molecule has 0 unspecified atom stereocenters. The molecule has 0 spiro atoms. The van der Waals surface area contributed by atoms with Gasteiger partial charge in [-0.3, -0.25) is 4.79 Å². The second kappa shape index (κ2) is 12.1. The van der Waals surface area contributed by atoms with Crippen LogP contribution in [0.4, 0.5) is 4.79 Å². The minimum absolute atomic E-state index is 0.0634. The lowest BCUT2D eigenvalue weighted by molar-refractivity contribution is -0.291. The standard InChI is InChI=1S/C36H58O7/c1-20(2)9-8-10-21(3)27-13-14-28-26-12-11-24-19-25(15-17-35(24,6)29(26)16-18-36(27,28)7)41-33-32-31(42-34(38)43-32)30(22(4)39-33)40-23(5)37/h20-22,24-33H,8-19H2,1-7H3/t21-,22+,24+,25+,26+,27-,28+,29+,30+,31-,32-,33+,35+,36-/m1/s1. The Morgan fingerprint density at radius 2 is 1.65 bits per heavy atom. The van der Waals surface area contributed by atoms with Gasteiger partial charge in [-0.15, -0.1) is 0 Å². The van der Waals surface area contributed by atoms with Crippen LogP contribution >= 0.6 is 0 Å². The van der Waals surface area contributed by atoms with Crippen LogP contribution < -0.4 is 0 Å². The van der Waals surface area contributed by atoms with Crippen molar-refractivity contribution < 1.29 is 33.3 Å². The maximum Gasteiger partial charge on any atom is 0.509 e. The lowest BCUT2D eigenvalue weighted by Gasteiger charge is -2.61. The average molecular weight is 603 g/mol. The van der Waals surface area contributed by atoms with Crippen LogP contribution in [-0.2, 0) is 28.5 Å². The number of carbonyl (C=O) groups is 2. The minimum atomic E-state index is -0.753. The lowest BCUT2D eigenvalue weighted by Crippen LogP contribution is -2.58. The van der Waals surface area contributed by atoms with E-state index >= 15 is 0 Å². The lowest BCUT2D eigenvalue weighted by atomic mass is 9.44. The van der Waals surface area contributed by atoms with Crippen molar-refractivity contribution in [2.24, 2.45) is 52.3 Å². The Labute approximate surface area is 259 Å². The molecule has 0 bridgehead atoms. The topological polar surface area (TPSA) is 80.3 Å². The number of hydrogen-bond donors (Lipinski definition) is 0. The molecule has 0 aromatic heterocycles. The van der Waals surface area contributed by atoms with E-state index < -0.39 is 42.8 Å². The molecule has 7 heteroatoms. The summed E-state index contributed by atoms with van der Waals surface area (Å²) in [7, 11) is 0. The number of rotatable bonds is 8. The summed E-state index contributed by atoms with van der Waals surface area (Å²) < 4.78 is 29.1. The molecule has 2 heterocycles. The molecule has 6 rings (SSSR count). The molecule has 0 aromatic rings. The van der Waals surface area contributed by atoms with Crippen molar-refractivity contribution in [3.05, 3.63) is 0 Å². The highest BCUT2D eigenvalue weighted by molar-refractivity contribution is 5.67. The van der Waals surface area contributed by atoms with E-state index in [0.717, 1.165) is 48.3 Å². The molecule has 14 atom stereocenters. The minimum Gasteiger partial charge on any atom is -0.456 e. The third-order valence-corrected chi connectivity index (χ3v) is 13.6. The van der Waals surface area contributed by atoms with Gasteiger partial charge in [-0.05, 0) is 117 Å². The molecular weight excluding hydrogens is 544 g/mol. The predicted molar refractivity (Wildman–Crippen MR) is 163 cm³/mol. The fourth-order valence-electron chi connectivity index (χ4n) is 11.5. The molecule has 0 radical (unpaired) electrons. The largest absolute Gasteiger partial charge is 0.509 e. The molecule has 4 saturated carbocycles. The Kier molecular flexibility index (Phi) is 8.91. The van der Waals surface area contributed by atoms with Crippen LogP contribution in [-0.4, -0.2) is 48.9 Å². The summed E-state index contributed by atoms with van der Waals surface area (Å²) in [6.07, 6.45) is 11.7. The van der Waals surface area contributed by atoms with Gasteiger partial charge in [-0.2, -0.15) is 0 Å². The van der Waals surface area contributed by atoms with E-state index in [4.69, 9.17) is 23.7 Å². The molecule has 7 nitrogen and oxygen atoms in total. The van der Waals surface area contributed by atoms with E-state index in [1.807, 2.05) is 6.92 Å². The molecule has 6 aliphatic rings. The maximum atomic E-state index is 12.1. The second-order valence-corrected chi connectivity index (χ2v) is 16.4. The number of carbonyl (C=O) groups excluding carboxylic acids is 2. The summed E-state index contributed by atoms with van der Waals surface area (Å²) in [5.41, 5.74) is 0.899. The zero-order chi connectivity index (χ0) is 30.7. The zero-order valence-electron chi connectivity index (χ0n) is 27.8. The van der Waals surface area contributed by atoms with Crippen molar-refractivity contribution in [3.63, 3.8) is 0 Å². The normalized spacial score (nSPS) is 47.9. The van der Waals surface area contributed by atoms with Gasteiger partial charge in [0.15, 0.2) is 24.6 Å². The van der Waals surface area contributed by atoms with Crippen molar-refractivity contribution in [3.8, 4) is 0 Å². The molecule has 244 valence electrons. The monoisotopic (exact) mass is 602 g/mol. The van der Waals surface area contributed by atoms with Crippen LogP contribution in [0.25, 0.3) is 0 Å². The van der Waals surface area contributed by atoms with Gasteiger partial charge in [0, 0.05) is 6.92 Å². The summed E-state index contributed by atoms with van der Waals surface area (Å²) in [5.74, 6) is 5.38. The van der Waals surface area contributed by atoms with Gasteiger partial charge in [-0.1, -0.05) is 53.9 Å². The van der Waals surface area contributed by atoms with Crippen LogP contribution in [0, 0.1) is 52.3 Å². The van der Waals surface area contributed by atoms with Crippen molar-refractivity contribution in [2.75, 3.05) is 0 Å². The van der Waals surface area contributed by atoms with Crippen molar-refractivity contribution in [1.29, 1.82) is 0 Å². The van der Waals surface area contributed by atoms with E-state index in [1.54, 1.807) is 0 Å². The van der Waals surface area contributed by atoms with E-state index in [2.05, 4.69) is 34.6 Å². The summed E-state index contributed by atoms with van der Waals surface area (Å²) in [6.45, 7) is 15.8. The zero-order valence-corrected chi connectivity index (χ0v) is 27.8. The molecule has 0 aromatic carbocycles. The molecule has 2 aliphatic heterocycles. The van der Waals surface area contributed by atoms with Crippen molar-refractivity contribution in [2.45, 2.75) is 162 Å². The van der Waals surface area contributed by atoms with Gasteiger partial charge in [0.05, 0.1) is 12.2 Å². The maximum absolute atomic E-state index is 12.1. The van der Waals surface area contributed by atoms with Crippen molar-refractivity contribution in [1.82, 2.24) is 0 Å². The van der Waals surface area contributed by atoms with Crippen LogP contribution in [0.2, 0.25) is 0 Å². The molecular formula is C36H58O7. The molecule has 43 heavy (non-hydrogen) atoms. The molecule has 0 amide bonds. The quantitative estimate of drug-likeness (QED) is 0.205. The predicted octanol–water partition coefficient (Wildman–Crippen LogP) is 8.07. The fourth-order valence-corrected chi connectivity index (χ4v) is 11.5. The van der Waals surface area contributed by atoms with Gasteiger partial charge in [0.25, 0.3) is 0 Å². The highest BCUT2D eigenvalue weighted by Gasteiger charge is 2.61. The number of fused-ring (bicyclic) bond motifs is 6. The first-order chi connectivity index (χ1) is 20.4. The van der Waals surface area contributed by atoms with Gasteiger partial charge in [-0.25, -0.2) is 4.79 Å². The van der Waals surface area contributed by atoms with Crippen LogP contribution in [0.3, 0.4) is 0 Å². The van der Waals surface area contributed by atoms with E-state index in [1.165, 1.54) is 71.1 Å². The summed E-state index contributed by atoms with van der Waals surface area (Å²) >= 11 is 0. The van der Waals surface area contributed by atoms with Gasteiger partial charge >= 0.3 is 12.1 Å². The second-order valence-electron chi connectivity index (χ2n) is 16.4. The number of hydrogen-bond acceptors (Lipinski definition) is 7. The average Bonchev–Trinajstić information content (AvgIpc) is 3.50. The Morgan fingerprint density at radius 3 is 2.40 bits per heavy atom. The van der Waals surface area contributed by atoms with E-state index in [-0.39, 0.29) is 6.10 Å². The summed E-state index contributed by atoms with van der Waals surface area (Å²) in [5, 5.41) is 0. The first-order valence-electron chi connectivity index (χ1n) is 17.8. The number of ether oxygens (including phenoxy) is 5. The van der Waals surface area contributed by atoms with E-state index in [9.17, 15) is 9.59 Å². The van der Waals surface area contributed by atoms with Gasteiger partial charge < -0.3 is 23.7 Å². The van der Waals surface area contributed by atoms with Crippen LogP contribution in [0.5, 0.6) is 0 Å². The molecule has 4 aliphatic carbocycles. The summed E-state index contributed by atoms with van der Waals surface area (Å²) in [6, 6.07) is 0. The SMILES string of the molecule is CC(=O)O[C@@H]1[C@H]2OC(=O)O[C@H]2[C@H](O[C@H]2CC[C@@]3(C)[C@@H](CC[C@@H]4[C@@H]3CC[C@]3(C)[C@@H]([C@H](C)CCCC(C)C)CC[C@@H]43)C2)O[C@H]1C. The Hall–Kier alpha value is -1.34. The summed E-state index contributed by atoms with van der Waals surface area (Å²) in [4.78, 5) is 23.8. The third kappa shape index (κ3) is 5.77. The first kappa shape index (κ1) is 31.6. The highest BCUT2D eigenvalue weighted by Crippen LogP contribution is 2.68. The van der Waals surface area contributed by atoms with Crippen LogP contribution in [0.1, 0.15) is 126 Å². The highest BCUT2D eigenvalue weighted by atomic mass is 16.8. The third-order valence-electron chi connectivity index (χ3n) is 13.6. The molecule has 6 fully saturated rings.